The van der Waals surface area contributed by atoms with Crippen molar-refractivity contribution in [2.24, 2.45) is 0 Å². The zero-order valence-corrected chi connectivity index (χ0v) is 15.1. The maximum atomic E-state index is 14.3. The highest BCUT2D eigenvalue weighted by atomic mass is 32.1. The van der Waals surface area contributed by atoms with E-state index in [0.717, 1.165) is 10.3 Å². The molecule has 0 N–H and O–H groups in total. The molecule has 4 nitrogen and oxygen atoms in total. The summed E-state index contributed by atoms with van der Waals surface area (Å²) in [7, 11) is 1.53. The van der Waals surface area contributed by atoms with Gasteiger partial charge in [-0.2, -0.15) is 0 Å². The number of methoxy groups -OCH3 is 1. The van der Waals surface area contributed by atoms with Gasteiger partial charge in [0.15, 0.2) is 11.6 Å². The van der Waals surface area contributed by atoms with E-state index in [4.69, 9.17) is 9.47 Å². The number of fused-ring (bicyclic) bond motifs is 4. The first-order valence-electron chi connectivity index (χ1n) is 8.29. The fourth-order valence-electron chi connectivity index (χ4n) is 3.41. The molecule has 1 radical (unpaired) electrons. The Morgan fingerprint density at radius 2 is 2.11 bits per heavy atom. The van der Waals surface area contributed by atoms with Gasteiger partial charge in [0.1, 0.15) is 22.7 Å². The molecule has 0 amide bonds. The van der Waals surface area contributed by atoms with Gasteiger partial charge in [0.25, 0.3) is 0 Å². The quantitative estimate of drug-likeness (QED) is 0.492. The number of ether oxygens (including phenoxy) is 2. The van der Waals surface area contributed by atoms with Crippen molar-refractivity contribution in [2.45, 2.75) is 12.5 Å². The predicted octanol–water partition coefficient (Wildman–Crippen LogP) is 4.94. The lowest BCUT2D eigenvalue weighted by Crippen LogP contribution is -2.06. The lowest BCUT2D eigenvalue weighted by atomic mass is 10.1. The summed E-state index contributed by atoms with van der Waals surface area (Å²) in [4.78, 5) is 8.95. The fourth-order valence-corrected chi connectivity index (χ4v) is 4.52. The molecule has 2 aromatic carbocycles. The van der Waals surface area contributed by atoms with Crippen LogP contribution in [0.3, 0.4) is 0 Å². The highest BCUT2D eigenvalue weighted by Crippen LogP contribution is 2.43. The summed E-state index contributed by atoms with van der Waals surface area (Å²) >= 11 is 1.38. The summed E-state index contributed by atoms with van der Waals surface area (Å²) in [5.41, 5.74) is 2.46. The Bertz CT molecular complexity index is 1220. The molecular formula is C20H13F2N2O2S. The van der Waals surface area contributed by atoms with Gasteiger partial charge < -0.3 is 9.47 Å². The number of rotatable bonds is 2. The zero-order valence-electron chi connectivity index (χ0n) is 14.3. The number of benzene rings is 2. The SMILES string of the molecule is [CH2][C@@H]1Cc2c(c(F)cc3nc(-c4cc(F)cc5cc(OC)cnc45)sc23)O1. The largest absolute Gasteiger partial charge is 0.495 e. The molecule has 3 heterocycles. The second-order valence-electron chi connectivity index (χ2n) is 6.38. The minimum Gasteiger partial charge on any atom is -0.495 e. The molecular weight excluding hydrogens is 370 g/mol. The van der Waals surface area contributed by atoms with Gasteiger partial charge in [0.05, 0.1) is 29.0 Å². The molecule has 4 aromatic rings. The molecule has 7 heteroatoms. The number of pyridine rings is 1. The first-order chi connectivity index (χ1) is 13.0. The Balaban J connectivity index is 1.76. The molecule has 0 unspecified atom stereocenters. The highest BCUT2D eigenvalue weighted by molar-refractivity contribution is 7.22. The topological polar surface area (TPSA) is 44.2 Å². The Morgan fingerprint density at radius 3 is 2.93 bits per heavy atom. The molecule has 0 bridgehead atoms. The van der Waals surface area contributed by atoms with Crippen molar-refractivity contribution in [2.75, 3.05) is 7.11 Å². The highest BCUT2D eigenvalue weighted by Gasteiger charge is 2.27. The Kier molecular flexibility index (Phi) is 3.55. The molecule has 0 fully saturated rings. The number of nitrogens with zero attached hydrogens (tertiary/aromatic N) is 2. The lowest BCUT2D eigenvalue weighted by molar-refractivity contribution is 0.269. The van der Waals surface area contributed by atoms with Crippen LogP contribution in [0.4, 0.5) is 8.78 Å². The van der Waals surface area contributed by atoms with Crippen LogP contribution in [-0.4, -0.2) is 23.2 Å². The molecule has 0 spiro atoms. The van der Waals surface area contributed by atoms with Crippen LogP contribution in [0.25, 0.3) is 31.7 Å². The van der Waals surface area contributed by atoms with Gasteiger partial charge in [-0.25, -0.2) is 13.8 Å². The summed E-state index contributed by atoms with van der Waals surface area (Å²) in [6.07, 6.45) is 1.77. The van der Waals surface area contributed by atoms with E-state index >= 15 is 0 Å². The molecule has 1 atom stereocenters. The summed E-state index contributed by atoms with van der Waals surface area (Å²) in [6, 6.07) is 5.88. The molecule has 1 aliphatic heterocycles. The number of halogens is 2. The Labute approximate surface area is 157 Å². The minimum absolute atomic E-state index is 0.240. The molecule has 27 heavy (non-hydrogen) atoms. The molecule has 0 aliphatic carbocycles. The average Bonchev–Trinajstić information content (AvgIpc) is 3.23. The van der Waals surface area contributed by atoms with Crippen LogP contribution in [0.2, 0.25) is 0 Å². The average molecular weight is 383 g/mol. The van der Waals surface area contributed by atoms with Crippen LogP contribution < -0.4 is 9.47 Å². The monoisotopic (exact) mass is 383 g/mol. The molecule has 5 rings (SSSR count). The van der Waals surface area contributed by atoms with E-state index in [0.29, 0.717) is 39.2 Å². The Hall–Kier alpha value is -2.80. The maximum absolute atomic E-state index is 14.3. The van der Waals surface area contributed by atoms with Crippen molar-refractivity contribution >= 4 is 32.5 Å². The number of thiazole rings is 1. The van der Waals surface area contributed by atoms with Gasteiger partial charge in [0, 0.05) is 29.0 Å². The van der Waals surface area contributed by atoms with Crippen LogP contribution in [0.5, 0.6) is 11.5 Å². The first kappa shape index (κ1) is 16.4. The normalized spacial score (nSPS) is 15.9. The third kappa shape index (κ3) is 2.53. The van der Waals surface area contributed by atoms with Crippen molar-refractivity contribution in [3.05, 3.63) is 54.6 Å². The van der Waals surface area contributed by atoms with Crippen molar-refractivity contribution in [1.29, 1.82) is 0 Å². The lowest BCUT2D eigenvalue weighted by Gasteiger charge is -2.06. The maximum Gasteiger partial charge on any atom is 0.167 e. The standard InChI is InChI=1S/C20H13F2N2O2S/c1-9-3-14-18(26-9)15(22)7-16-19(14)27-20(24-16)13-6-11(21)4-10-5-12(25-2)8-23-17(10)13/h4-9H,1,3H2,2H3/t9-/m1/s1. The van der Waals surface area contributed by atoms with E-state index in [-0.39, 0.29) is 11.9 Å². The molecule has 0 saturated carbocycles. The van der Waals surface area contributed by atoms with Crippen molar-refractivity contribution in [3.63, 3.8) is 0 Å². The summed E-state index contributed by atoms with van der Waals surface area (Å²) < 4.78 is 40.0. The summed E-state index contributed by atoms with van der Waals surface area (Å²) in [5, 5.41) is 1.19. The van der Waals surface area contributed by atoms with E-state index < -0.39 is 11.6 Å². The van der Waals surface area contributed by atoms with Crippen LogP contribution in [0.15, 0.2) is 30.5 Å². The second kappa shape index (κ2) is 5.85. The van der Waals surface area contributed by atoms with E-state index in [1.54, 1.807) is 12.3 Å². The first-order valence-corrected chi connectivity index (χ1v) is 9.10. The van der Waals surface area contributed by atoms with Crippen molar-refractivity contribution in [1.82, 2.24) is 9.97 Å². The van der Waals surface area contributed by atoms with Gasteiger partial charge >= 0.3 is 0 Å². The van der Waals surface area contributed by atoms with Crippen LogP contribution in [0.1, 0.15) is 5.56 Å². The van der Waals surface area contributed by atoms with Crippen molar-refractivity contribution in [3.8, 4) is 22.1 Å². The van der Waals surface area contributed by atoms with Gasteiger partial charge in [-0.1, -0.05) is 0 Å². The van der Waals surface area contributed by atoms with E-state index in [1.807, 2.05) is 0 Å². The van der Waals surface area contributed by atoms with Gasteiger partial charge in [0.2, 0.25) is 0 Å². The zero-order chi connectivity index (χ0) is 18.7. The van der Waals surface area contributed by atoms with Crippen LogP contribution >= 0.6 is 11.3 Å². The Morgan fingerprint density at radius 1 is 1.26 bits per heavy atom. The summed E-state index contributed by atoms with van der Waals surface area (Å²) in [6.45, 7) is 3.86. The smallest absolute Gasteiger partial charge is 0.167 e. The fraction of sp³-hybridized carbons (Fsp3) is 0.150. The van der Waals surface area contributed by atoms with E-state index in [9.17, 15) is 8.78 Å². The minimum atomic E-state index is -0.451. The molecule has 135 valence electrons. The third-order valence-electron chi connectivity index (χ3n) is 4.59. The molecule has 1 aliphatic rings. The number of hydrogen-bond donors (Lipinski definition) is 0. The predicted molar refractivity (Wildman–Crippen MR) is 100 cm³/mol. The second-order valence-corrected chi connectivity index (χ2v) is 7.38. The summed E-state index contributed by atoms with van der Waals surface area (Å²) in [5.74, 6) is -0.0663. The van der Waals surface area contributed by atoms with Crippen LogP contribution in [0, 0.1) is 18.6 Å². The molecule has 2 aromatic heterocycles. The van der Waals surface area contributed by atoms with E-state index in [1.165, 1.54) is 36.6 Å². The van der Waals surface area contributed by atoms with Gasteiger partial charge in [-0.3, -0.25) is 4.98 Å². The third-order valence-corrected chi connectivity index (χ3v) is 5.75. The molecule has 0 saturated heterocycles. The number of hydrogen-bond acceptors (Lipinski definition) is 5. The number of aromatic nitrogens is 2. The van der Waals surface area contributed by atoms with E-state index in [2.05, 4.69) is 16.9 Å². The van der Waals surface area contributed by atoms with Crippen LogP contribution in [-0.2, 0) is 6.42 Å². The van der Waals surface area contributed by atoms with Crippen molar-refractivity contribution < 1.29 is 18.3 Å². The van der Waals surface area contributed by atoms with Gasteiger partial charge in [-0.05, 0) is 25.1 Å². The van der Waals surface area contributed by atoms with Gasteiger partial charge in [-0.15, -0.1) is 11.3 Å².